The van der Waals surface area contributed by atoms with Gasteiger partial charge in [0.25, 0.3) is 0 Å². The summed E-state index contributed by atoms with van der Waals surface area (Å²) in [5, 5.41) is 2.26. The van der Waals surface area contributed by atoms with E-state index in [1.807, 2.05) is 48.5 Å². The topological polar surface area (TPSA) is 26.0 Å². The van der Waals surface area contributed by atoms with Crippen LogP contribution >= 0.6 is 17.5 Å². The SMILES string of the molecule is CC(C)(C)P(c1ccccc1)C(C)(C)C.Nc1ccccc1-c1[c-]cccc1.[Cl][Pd+]. The maximum atomic E-state index is 5.83. The van der Waals surface area contributed by atoms with Gasteiger partial charge < -0.3 is 5.73 Å². The molecule has 0 aliphatic heterocycles. The second kappa shape index (κ2) is 12.6. The van der Waals surface area contributed by atoms with Gasteiger partial charge in [-0.2, -0.15) is 0 Å². The van der Waals surface area contributed by atoms with Crippen molar-refractivity contribution in [2.45, 2.75) is 51.9 Å². The van der Waals surface area contributed by atoms with Gasteiger partial charge in [0.2, 0.25) is 0 Å². The van der Waals surface area contributed by atoms with Crippen LogP contribution in [-0.2, 0) is 18.2 Å². The van der Waals surface area contributed by atoms with Crippen molar-refractivity contribution in [3.63, 3.8) is 0 Å². The van der Waals surface area contributed by atoms with Crippen LogP contribution in [0.1, 0.15) is 41.5 Å². The van der Waals surface area contributed by atoms with Gasteiger partial charge in [-0.15, -0.1) is 35.9 Å². The van der Waals surface area contributed by atoms with Crippen molar-refractivity contribution in [2.75, 3.05) is 5.73 Å². The van der Waals surface area contributed by atoms with Gasteiger partial charge in [-0.25, -0.2) is 0 Å². The number of anilines is 1. The van der Waals surface area contributed by atoms with Gasteiger partial charge in [0.1, 0.15) is 0 Å². The van der Waals surface area contributed by atoms with Crippen LogP contribution in [0.4, 0.5) is 5.69 Å². The molecular formula is C26H33ClNPPd. The zero-order valence-corrected chi connectivity index (χ0v) is 21.9. The van der Waals surface area contributed by atoms with E-state index in [4.69, 9.17) is 5.73 Å². The van der Waals surface area contributed by atoms with E-state index in [9.17, 15) is 0 Å². The summed E-state index contributed by atoms with van der Waals surface area (Å²) in [5.74, 6) is 0. The summed E-state index contributed by atoms with van der Waals surface area (Å²) in [6.07, 6.45) is 0. The zero-order valence-electron chi connectivity index (χ0n) is 18.7. The number of para-hydroxylation sites is 1. The number of benzene rings is 3. The van der Waals surface area contributed by atoms with Crippen molar-refractivity contribution >= 4 is 28.4 Å². The molecule has 2 N–H and O–H groups in total. The molecule has 0 aliphatic carbocycles. The van der Waals surface area contributed by atoms with Gasteiger partial charge in [-0.1, -0.05) is 104 Å². The van der Waals surface area contributed by atoms with Crippen LogP contribution in [0.2, 0.25) is 0 Å². The van der Waals surface area contributed by atoms with E-state index in [1.165, 1.54) is 5.30 Å². The molecular weight excluding hydrogens is 499 g/mol. The molecule has 3 rings (SSSR count). The number of halogens is 1. The Morgan fingerprint density at radius 2 is 1.23 bits per heavy atom. The molecule has 0 aliphatic rings. The minimum atomic E-state index is -0.138. The molecule has 0 atom stereocenters. The number of hydrogen-bond donors (Lipinski definition) is 1. The molecule has 4 heteroatoms. The molecule has 0 unspecified atom stereocenters. The van der Waals surface area contributed by atoms with Crippen LogP contribution in [-0.4, -0.2) is 10.3 Å². The summed E-state index contributed by atoms with van der Waals surface area (Å²) in [7, 11) is 4.35. The standard InChI is InChI=1S/C14H23P.C12H10N.ClH.Pd/c1-13(2,3)15(14(4,5)6)12-10-8-7-9-11-12;13-12-9-5-4-8-11(12)10-6-2-1-3-7-10;;/h7-11H,1-6H3;1-6,8-9H,13H2;1H;/q;-1;;+2/p-1. The van der Waals surface area contributed by atoms with Crippen LogP contribution in [0.5, 0.6) is 0 Å². The average molecular weight is 532 g/mol. The summed E-state index contributed by atoms with van der Waals surface area (Å²) >= 11 is 2.22. The van der Waals surface area contributed by atoms with Gasteiger partial charge in [-0.05, 0) is 27.4 Å². The van der Waals surface area contributed by atoms with E-state index in [-0.39, 0.29) is 7.92 Å². The van der Waals surface area contributed by atoms with Crippen LogP contribution in [0.15, 0.2) is 78.9 Å². The Labute approximate surface area is 199 Å². The van der Waals surface area contributed by atoms with E-state index in [2.05, 4.69) is 106 Å². The van der Waals surface area contributed by atoms with Crippen LogP contribution in [0, 0.1) is 6.07 Å². The first kappa shape index (κ1) is 26.9. The van der Waals surface area contributed by atoms with E-state index in [0.29, 0.717) is 10.3 Å². The fourth-order valence-corrected chi connectivity index (χ4v) is 7.69. The molecule has 164 valence electrons. The van der Waals surface area contributed by atoms with Crippen molar-refractivity contribution < 1.29 is 18.2 Å². The Hall–Kier alpha value is -1.16. The number of nitrogen functional groups attached to an aromatic ring is 1. The third-order valence-corrected chi connectivity index (χ3v) is 7.81. The Morgan fingerprint density at radius 3 is 1.70 bits per heavy atom. The zero-order chi connectivity index (χ0) is 22.8. The first-order valence-corrected chi connectivity index (χ1v) is 13.2. The monoisotopic (exact) mass is 531 g/mol. The average Bonchev–Trinajstić information content (AvgIpc) is 2.70. The second-order valence-electron chi connectivity index (χ2n) is 8.88. The number of rotatable bonds is 2. The summed E-state index contributed by atoms with van der Waals surface area (Å²) < 4.78 is 0. The Morgan fingerprint density at radius 1 is 0.733 bits per heavy atom. The van der Waals surface area contributed by atoms with Crippen molar-refractivity contribution in [1.82, 2.24) is 0 Å². The minimum absolute atomic E-state index is 0.138. The van der Waals surface area contributed by atoms with Gasteiger partial charge in [0.05, 0.1) is 0 Å². The Bertz CT molecular complexity index is 841. The predicted octanol–water partition coefficient (Wildman–Crippen LogP) is 7.81. The van der Waals surface area contributed by atoms with Gasteiger partial charge in [0, 0.05) is 0 Å². The number of nitrogens with two attached hydrogens (primary N) is 1. The van der Waals surface area contributed by atoms with Crippen molar-refractivity contribution in [1.29, 1.82) is 0 Å². The van der Waals surface area contributed by atoms with Crippen LogP contribution in [0.25, 0.3) is 11.1 Å². The van der Waals surface area contributed by atoms with Gasteiger partial charge in [0.15, 0.2) is 0 Å². The molecule has 0 saturated carbocycles. The molecule has 0 saturated heterocycles. The molecule has 0 aromatic heterocycles. The molecule has 0 heterocycles. The molecule has 30 heavy (non-hydrogen) atoms. The molecule has 0 spiro atoms. The first-order valence-electron chi connectivity index (χ1n) is 9.89. The molecule has 0 fully saturated rings. The van der Waals surface area contributed by atoms with E-state index < -0.39 is 0 Å². The maximum absolute atomic E-state index is 5.83. The quantitative estimate of drug-likeness (QED) is 0.155. The van der Waals surface area contributed by atoms with Crippen molar-refractivity contribution in [3.05, 3.63) is 84.9 Å². The van der Waals surface area contributed by atoms with E-state index in [1.54, 1.807) is 0 Å². The predicted molar refractivity (Wildman–Crippen MR) is 133 cm³/mol. The van der Waals surface area contributed by atoms with Crippen LogP contribution in [0.3, 0.4) is 0 Å². The molecule has 1 nitrogen and oxygen atoms in total. The summed E-state index contributed by atoms with van der Waals surface area (Å²) in [4.78, 5) is 0. The van der Waals surface area contributed by atoms with Gasteiger partial charge >= 0.3 is 27.7 Å². The third kappa shape index (κ3) is 8.53. The molecule has 3 aromatic carbocycles. The number of hydrogen-bond acceptors (Lipinski definition) is 1. The Balaban J connectivity index is 0.000000279. The van der Waals surface area contributed by atoms with E-state index >= 15 is 0 Å². The molecule has 3 aromatic rings. The Kier molecular flexibility index (Phi) is 11.3. The fourth-order valence-electron chi connectivity index (χ4n) is 3.66. The third-order valence-electron chi connectivity index (χ3n) is 4.32. The molecule has 0 bridgehead atoms. The van der Waals surface area contributed by atoms with Crippen molar-refractivity contribution in [3.8, 4) is 11.1 Å². The normalized spacial score (nSPS) is 11.1. The van der Waals surface area contributed by atoms with E-state index in [0.717, 1.165) is 16.8 Å². The summed E-state index contributed by atoms with van der Waals surface area (Å²) in [5.41, 5.74) is 8.72. The molecule has 0 amide bonds. The fraction of sp³-hybridized carbons (Fsp3) is 0.308. The summed E-state index contributed by atoms with van der Waals surface area (Å²) in [6.45, 7) is 14.1. The van der Waals surface area contributed by atoms with Gasteiger partial charge in [-0.3, -0.25) is 0 Å². The van der Waals surface area contributed by atoms with Crippen molar-refractivity contribution in [2.24, 2.45) is 0 Å². The summed E-state index contributed by atoms with van der Waals surface area (Å²) in [6, 6.07) is 29.8. The van der Waals surface area contributed by atoms with Crippen LogP contribution < -0.4 is 11.0 Å². The first-order chi connectivity index (χ1) is 14.1. The second-order valence-corrected chi connectivity index (χ2v) is 12.7. The molecule has 0 radical (unpaired) electrons.